The Morgan fingerprint density at radius 3 is 0.815 bits per heavy atom. The average Bonchev–Trinajstić information content (AvgIpc) is 0.769. The standard InChI is InChI=1S/C60H101N3O45/c1-13-28(75)36(83)40(87)56(92-13)108-51-37(84)29(76)17(5-64)97-60(51)104-46-24(12-71)100-55(27(35(46)82)63-16(4)74)106-49-31(78)19(7-66)95-58(42(49)89)102-44-22(10-69)98-53(25(33(44)80)61-14(2)72)105-48-30(77)18(6-65)94-57(41(48)88)101-45-23(11-70)99-54(26(34(45)81)62-15(3)73)107-50-32(79)20(8-67)96-59(43(50)90)103-47-21(9-68)93-52(91)39(86)38(47)85/h13,17-60,64-71,75-91H,5-12H2,1-4H3,(H,61,72)(H,62,73)(H,63,74)/t13-,17+,18+,19+,20+,21+,22+,23+,24+,25+,26+,27+,28+,29-,30-,31-,32-,33+,34+,35+,36+,37-,38+,39+,40-,41+,42+,43+,44+,45+,46+,47+,48-,49-,50-,51+,52+,53-,54-,55-,56-,57-,58-,59-,60-/m0/s1. The van der Waals surface area contributed by atoms with Crippen molar-refractivity contribution in [3.63, 3.8) is 0 Å². The minimum atomic E-state index is -2.35. The molecule has 9 heterocycles. The van der Waals surface area contributed by atoms with Crippen LogP contribution >= 0.6 is 0 Å². The molecule has 0 aromatic carbocycles. The highest BCUT2D eigenvalue weighted by atomic mass is 16.8. The Bertz CT molecular complexity index is 2820. The van der Waals surface area contributed by atoms with E-state index in [1.807, 2.05) is 0 Å². The second-order valence-electron chi connectivity index (χ2n) is 27.4. The minimum absolute atomic E-state index is 0.914. The lowest BCUT2D eigenvalue weighted by molar-refractivity contribution is -0.393. The maximum atomic E-state index is 13.0. The van der Waals surface area contributed by atoms with Crippen molar-refractivity contribution in [2.75, 3.05) is 52.9 Å². The van der Waals surface area contributed by atoms with E-state index in [-0.39, 0.29) is 0 Å². The van der Waals surface area contributed by atoms with E-state index in [2.05, 4.69) is 16.0 Å². The van der Waals surface area contributed by atoms with E-state index >= 15 is 0 Å². The molecule has 28 N–H and O–H groups in total. The zero-order valence-corrected chi connectivity index (χ0v) is 58.0. The Balaban J connectivity index is 0.901. The number of aliphatic hydroxyl groups is 25. The number of nitrogens with one attached hydrogen (secondary N) is 3. The Kier molecular flexibility index (Phi) is 31.6. The summed E-state index contributed by atoms with van der Waals surface area (Å²) in [5.41, 5.74) is 0. The first-order chi connectivity index (χ1) is 51.1. The van der Waals surface area contributed by atoms with Gasteiger partial charge in [-0.25, -0.2) is 0 Å². The smallest absolute Gasteiger partial charge is 0.217 e. The normalized spacial score (nSPS) is 50.4. The Morgan fingerprint density at radius 1 is 0.241 bits per heavy atom. The third-order valence-corrected chi connectivity index (χ3v) is 19.9. The molecular weight excluding hydrogens is 1480 g/mol. The predicted octanol–water partition coefficient (Wildman–Crippen LogP) is -19.2. The number of carbonyl (C=O) groups is 3. The van der Waals surface area contributed by atoms with Crippen molar-refractivity contribution in [1.29, 1.82) is 0 Å². The molecule has 0 aliphatic carbocycles. The molecule has 9 saturated heterocycles. The SMILES string of the molecule is CC(=O)N[C@H]1[C@H](O[C@H]2[C@@H](O)[C@@H](CO)O[C@@H](O[C@H]3[C@H](O)[C@@H](O)[C@H](O)O[C@@H]3CO)[C@@H]2O)O[C@H](CO)[C@@H](O[C@@H]2O[C@H](CO)[C@H](O)[C@H](O[C@@H]3O[C@H](CO)[C@@H](O[C@@H]4O[C@H](CO)[C@H](O)[C@H](O[C@@H]5O[C@H](CO)[C@@H](O[C@@H]6O[C@H](CO)[C@H](O)[C@H](O)[C@H]6O[C@@H]6O[C@@H](C)[C@@H](O)[C@@H](O)[C@@H]6O)[C@H](O)[C@H]5NC(C)=O)[C@H]4O)[C@H](O)[C@H]3NC(C)=O)[C@H]2O)[C@@H]1O. The van der Waals surface area contributed by atoms with Gasteiger partial charge in [0.1, 0.15) is 213 Å². The first kappa shape index (κ1) is 88.7. The largest absolute Gasteiger partial charge is 0.394 e. The molecule has 9 rings (SSSR count). The van der Waals surface area contributed by atoms with E-state index in [1.54, 1.807) is 0 Å². The zero-order valence-electron chi connectivity index (χ0n) is 58.0. The van der Waals surface area contributed by atoms with Gasteiger partial charge in [-0.2, -0.15) is 0 Å². The fraction of sp³-hybridized carbons (Fsp3) is 0.950. The molecule has 0 aromatic rings. The number of amides is 3. The number of hydrogen-bond acceptors (Lipinski definition) is 45. The van der Waals surface area contributed by atoms with Gasteiger partial charge in [0.15, 0.2) is 56.6 Å². The minimum Gasteiger partial charge on any atom is -0.394 e. The number of carbonyl (C=O) groups excluding carboxylic acids is 3. The monoisotopic (exact) mass is 1580 g/mol. The molecular formula is C60H101N3O45. The Labute approximate surface area is 611 Å². The summed E-state index contributed by atoms with van der Waals surface area (Å²) in [6.45, 7) is -4.45. The van der Waals surface area contributed by atoms with Crippen molar-refractivity contribution >= 4 is 17.7 Å². The zero-order chi connectivity index (χ0) is 79.5. The summed E-state index contributed by atoms with van der Waals surface area (Å²) in [4.78, 5) is 38.6. The first-order valence-electron chi connectivity index (χ1n) is 34.5. The Morgan fingerprint density at radius 2 is 0.491 bits per heavy atom. The molecule has 0 unspecified atom stereocenters. The first-order valence-corrected chi connectivity index (χ1v) is 34.5. The molecule has 0 saturated carbocycles. The van der Waals surface area contributed by atoms with Crippen LogP contribution in [0.25, 0.3) is 0 Å². The highest BCUT2D eigenvalue weighted by Gasteiger charge is 2.61. The summed E-state index contributed by atoms with van der Waals surface area (Å²) in [6, 6.07) is -5.72. The molecule has 9 fully saturated rings. The van der Waals surface area contributed by atoms with Crippen molar-refractivity contribution in [1.82, 2.24) is 16.0 Å². The summed E-state index contributed by atoms with van der Waals surface area (Å²) < 4.78 is 98.8. The summed E-state index contributed by atoms with van der Waals surface area (Å²) in [7, 11) is 0. The number of hydrogen-bond donors (Lipinski definition) is 28. The van der Waals surface area contributed by atoms with Gasteiger partial charge >= 0.3 is 0 Å². The van der Waals surface area contributed by atoms with E-state index in [0.29, 0.717) is 0 Å². The van der Waals surface area contributed by atoms with Gasteiger partial charge in [-0.1, -0.05) is 0 Å². The van der Waals surface area contributed by atoms with Crippen LogP contribution in [0.4, 0.5) is 0 Å². The van der Waals surface area contributed by atoms with Gasteiger partial charge in [0, 0.05) is 20.8 Å². The molecule has 0 bridgehead atoms. The van der Waals surface area contributed by atoms with E-state index in [4.69, 9.17) is 80.5 Å². The van der Waals surface area contributed by atoms with Crippen LogP contribution in [-0.2, 0) is 94.9 Å². The fourth-order valence-electron chi connectivity index (χ4n) is 14.1. The second-order valence-corrected chi connectivity index (χ2v) is 27.4. The van der Waals surface area contributed by atoms with Crippen molar-refractivity contribution < 1.29 is 223 Å². The molecule has 9 aliphatic rings. The summed E-state index contributed by atoms with van der Waals surface area (Å²) in [5.74, 6) is -2.78. The maximum Gasteiger partial charge on any atom is 0.217 e. The molecule has 9 aliphatic heterocycles. The maximum absolute atomic E-state index is 13.0. The van der Waals surface area contributed by atoms with Gasteiger partial charge in [-0.15, -0.1) is 0 Å². The van der Waals surface area contributed by atoms with Gasteiger partial charge in [-0.05, 0) is 6.92 Å². The van der Waals surface area contributed by atoms with Crippen molar-refractivity contribution in [2.24, 2.45) is 0 Å². The molecule has 626 valence electrons. The van der Waals surface area contributed by atoms with Crippen LogP contribution in [0, 0.1) is 0 Å². The topological polar surface area (TPSA) is 750 Å². The lowest BCUT2D eigenvalue weighted by atomic mass is 9.93. The molecule has 108 heavy (non-hydrogen) atoms. The fourth-order valence-corrected chi connectivity index (χ4v) is 14.1. The van der Waals surface area contributed by atoms with Crippen molar-refractivity contribution in [3.05, 3.63) is 0 Å². The van der Waals surface area contributed by atoms with Crippen LogP contribution in [0.15, 0.2) is 0 Å². The van der Waals surface area contributed by atoms with Crippen LogP contribution in [0.2, 0.25) is 0 Å². The average molecular weight is 1580 g/mol. The van der Waals surface area contributed by atoms with Gasteiger partial charge < -0.3 is 224 Å². The highest BCUT2D eigenvalue weighted by Crippen LogP contribution is 2.40. The lowest BCUT2D eigenvalue weighted by Gasteiger charge is -2.51. The molecule has 48 heteroatoms. The van der Waals surface area contributed by atoms with Crippen LogP contribution in [0.3, 0.4) is 0 Å². The third-order valence-electron chi connectivity index (χ3n) is 19.9. The van der Waals surface area contributed by atoms with Crippen LogP contribution < -0.4 is 16.0 Å². The Hall–Kier alpha value is -3.27. The van der Waals surface area contributed by atoms with Crippen molar-refractivity contribution in [3.8, 4) is 0 Å². The molecule has 45 atom stereocenters. The van der Waals surface area contributed by atoms with Gasteiger partial charge in [0.05, 0.1) is 59.0 Å². The van der Waals surface area contributed by atoms with E-state index in [0.717, 1.165) is 20.8 Å². The van der Waals surface area contributed by atoms with E-state index < -0.39 is 347 Å². The van der Waals surface area contributed by atoms with Gasteiger partial charge in [-0.3, -0.25) is 14.4 Å². The van der Waals surface area contributed by atoms with Crippen molar-refractivity contribution in [2.45, 2.75) is 304 Å². The van der Waals surface area contributed by atoms with Crippen LogP contribution in [-0.4, -0.2) is 474 Å². The highest BCUT2D eigenvalue weighted by molar-refractivity contribution is 5.74. The quantitative estimate of drug-likeness (QED) is 0.0363. The molecule has 0 radical (unpaired) electrons. The summed E-state index contributed by atoms with van der Waals surface area (Å²) in [6.07, 6.45) is -83.4. The molecule has 48 nitrogen and oxygen atoms in total. The van der Waals surface area contributed by atoms with E-state index in [9.17, 15) is 142 Å². The van der Waals surface area contributed by atoms with E-state index in [1.165, 1.54) is 6.92 Å². The predicted molar refractivity (Wildman–Crippen MR) is 330 cm³/mol. The van der Waals surface area contributed by atoms with Gasteiger partial charge in [0.2, 0.25) is 17.7 Å². The van der Waals surface area contributed by atoms with Crippen LogP contribution in [0.5, 0.6) is 0 Å². The second kappa shape index (κ2) is 38.5. The number of ether oxygens (including phenoxy) is 17. The third kappa shape index (κ3) is 19.0. The lowest BCUT2D eigenvalue weighted by Crippen LogP contribution is -2.71. The summed E-state index contributed by atoms with van der Waals surface area (Å²) >= 11 is 0. The number of rotatable bonds is 27. The number of aliphatic hydroxyl groups excluding tert-OH is 25. The van der Waals surface area contributed by atoms with Crippen LogP contribution in [0.1, 0.15) is 27.7 Å². The molecule has 3 amide bonds. The van der Waals surface area contributed by atoms with Gasteiger partial charge in [0.25, 0.3) is 0 Å². The molecule has 0 aromatic heterocycles. The molecule has 0 spiro atoms. The summed E-state index contributed by atoms with van der Waals surface area (Å²) in [5, 5.41) is 282.